The van der Waals surface area contributed by atoms with Gasteiger partial charge in [0.2, 0.25) is 0 Å². The summed E-state index contributed by atoms with van der Waals surface area (Å²) < 4.78 is 10.8. The maximum atomic E-state index is 12.2. The second-order valence-electron chi connectivity index (χ2n) is 5.25. The van der Waals surface area contributed by atoms with Gasteiger partial charge in [-0.3, -0.25) is 4.79 Å². The Labute approximate surface area is 131 Å². The third-order valence-electron chi connectivity index (χ3n) is 3.36. The first kappa shape index (κ1) is 15.9. The van der Waals surface area contributed by atoms with Crippen LogP contribution in [0.3, 0.4) is 0 Å². The van der Waals surface area contributed by atoms with Gasteiger partial charge in [0, 0.05) is 11.8 Å². The second kappa shape index (κ2) is 6.98. The Morgan fingerprint density at radius 1 is 1.09 bits per heavy atom. The topological polar surface area (TPSA) is 47.6 Å². The van der Waals surface area contributed by atoms with Crippen molar-refractivity contribution in [2.75, 3.05) is 12.4 Å². The first-order valence-electron chi connectivity index (χ1n) is 7.18. The number of nitrogens with one attached hydrogen (secondary N) is 1. The fourth-order valence-electron chi connectivity index (χ4n) is 2.12. The largest absolute Gasteiger partial charge is 0.497 e. The van der Waals surface area contributed by atoms with E-state index in [2.05, 4.69) is 5.32 Å². The minimum Gasteiger partial charge on any atom is -0.497 e. The molecule has 0 unspecified atom stereocenters. The number of aryl methyl sites for hydroxylation is 2. The molecule has 0 bridgehead atoms. The molecular formula is C18H21NO3. The second-order valence-corrected chi connectivity index (χ2v) is 5.25. The zero-order valence-electron chi connectivity index (χ0n) is 13.3. The third kappa shape index (κ3) is 4.01. The molecule has 0 saturated heterocycles. The van der Waals surface area contributed by atoms with Crippen molar-refractivity contribution in [3.05, 3.63) is 53.6 Å². The molecule has 4 heteroatoms. The molecule has 0 spiro atoms. The number of hydrogen-bond donors (Lipinski definition) is 1. The lowest BCUT2D eigenvalue weighted by molar-refractivity contribution is -0.122. The fourth-order valence-corrected chi connectivity index (χ4v) is 2.12. The summed E-state index contributed by atoms with van der Waals surface area (Å²) in [7, 11) is 1.59. The summed E-state index contributed by atoms with van der Waals surface area (Å²) in [6.07, 6.45) is -0.604. The van der Waals surface area contributed by atoms with Gasteiger partial charge in [-0.05, 0) is 44.5 Å². The third-order valence-corrected chi connectivity index (χ3v) is 3.36. The number of benzene rings is 2. The molecule has 0 fully saturated rings. The summed E-state index contributed by atoms with van der Waals surface area (Å²) in [6, 6.07) is 13.1. The van der Waals surface area contributed by atoms with E-state index in [-0.39, 0.29) is 5.91 Å². The van der Waals surface area contributed by atoms with Gasteiger partial charge in [-0.2, -0.15) is 0 Å². The van der Waals surface area contributed by atoms with Crippen LogP contribution in [0.15, 0.2) is 42.5 Å². The average molecular weight is 299 g/mol. The molecule has 0 aliphatic carbocycles. The summed E-state index contributed by atoms with van der Waals surface area (Å²) in [5, 5.41) is 2.89. The molecule has 2 aromatic rings. The van der Waals surface area contributed by atoms with Gasteiger partial charge in [-0.25, -0.2) is 0 Å². The van der Waals surface area contributed by atoms with Crippen molar-refractivity contribution >= 4 is 11.6 Å². The van der Waals surface area contributed by atoms with Crippen LogP contribution in [0.5, 0.6) is 11.5 Å². The van der Waals surface area contributed by atoms with E-state index in [4.69, 9.17) is 9.47 Å². The molecule has 22 heavy (non-hydrogen) atoms. The number of ether oxygens (including phenoxy) is 2. The van der Waals surface area contributed by atoms with E-state index in [0.717, 1.165) is 16.8 Å². The predicted molar refractivity (Wildman–Crippen MR) is 87.6 cm³/mol. The molecule has 1 atom stereocenters. The van der Waals surface area contributed by atoms with E-state index < -0.39 is 6.10 Å². The van der Waals surface area contributed by atoms with Crippen LogP contribution in [-0.4, -0.2) is 19.1 Å². The molecule has 2 rings (SSSR count). The first-order valence-corrected chi connectivity index (χ1v) is 7.18. The molecule has 1 amide bonds. The number of carbonyl (C=O) groups excluding carboxylic acids is 1. The van der Waals surface area contributed by atoms with Gasteiger partial charge in [-0.1, -0.05) is 23.8 Å². The van der Waals surface area contributed by atoms with Crippen molar-refractivity contribution in [3.8, 4) is 11.5 Å². The molecule has 2 aromatic carbocycles. The summed E-state index contributed by atoms with van der Waals surface area (Å²) in [6.45, 7) is 5.71. The van der Waals surface area contributed by atoms with Crippen LogP contribution < -0.4 is 14.8 Å². The van der Waals surface area contributed by atoms with Crippen molar-refractivity contribution in [3.63, 3.8) is 0 Å². The summed E-state index contributed by atoms with van der Waals surface area (Å²) in [5.74, 6) is 1.11. The summed E-state index contributed by atoms with van der Waals surface area (Å²) >= 11 is 0. The maximum Gasteiger partial charge on any atom is 0.265 e. The monoisotopic (exact) mass is 299 g/mol. The van der Waals surface area contributed by atoms with E-state index in [1.54, 1.807) is 26.2 Å². The SMILES string of the molecule is COc1cccc(O[C@H](C)C(=O)Nc2ccc(C)cc2C)c1. The molecule has 0 radical (unpaired) electrons. The van der Waals surface area contributed by atoms with Crippen LogP contribution in [0, 0.1) is 13.8 Å². The maximum absolute atomic E-state index is 12.2. The van der Waals surface area contributed by atoms with Crippen LogP contribution in [-0.2, 0) is 4.79 Å². The van der Waals surface area contributed by atoms with Gasteiger partial charge in [0.25, 0.3) is 5.91 Å². The van der Waals surface area contributed by atoms with Crippen molar-refractivity contribution in [1.29, 1.82) is 0 Å². The predicted octanol–water partition coefficient (Wildman–Crippen LogP) is 3.72. The molecule has 0 aliphatic heterocycles. The minimum atomic E-state index is -0.604. The van der Waals surface area contributed by atoms with Gasteiger partial charge >= 0.3 is 0 Å². The van der Waals surface area contributed by atoms with Gasteiger partial charge < -0.3 is 14.8 Å². The van der Waals surface area contributed by atoms with Crippen LogP contribution in [0.4, 0.5) is 5.69 Å². The van der Waals surface area contributed by atoms with E-state index in [1.807, 2.05) is 44.2 Å². The fraction of sp³-hybridized carbons (Fsp3) is 0.278. The van der Waals surface area contributed by atoms with Crippen molar-refractivity contribution in [2.45, 2.75) is 26.9 Å². The van der Waals surface area contributed by atoms with Crippen LogP contribution >= 0.6 is 0 Å². The average Bonchev–Trinajstić information content (AvgIpc) is 2.50. The van der Waals surface area contributed by atoms with Gasteiger partial charge in [0.15, 0.2) is 6.10 Å². The lowest BCUT2D eigenvalue weighted by atomic mass is 10.1. The minimum absolute atomic E-state index is 0.185. The summed E-state index contributed by atoms with van der Waals surface area (Å²) in [4.78, 5) is 12.2. The van der Waals surface area contributed by atoms with Crippen LogP contribution in [0.25, 0.3) is 0 Å². The molecule has 116 valence electrons. The van der Waals surface area contributed by atoms with E-state index in [9.17, 15) is 4.79 Å². The number of methoxy groups -OCH3 is 1. The van der Waals surface area contributed by atoms with Crippen molar-refractivity contribution < 1.29 is 14.3 Å². The van der Waals surface area contributed by atoms with E-state index in [0.29, 0.717) is 11.5 Å². The molecule has 4 nitrogen and oxygen atoms in total. The lowest BCUT2D eigenvalue weighted by Gasteiger charge is -2.16. The van der Waals surface area contributed by atoms with Crippen molar-refractivity contribution in [2.24, 2.45) is 0 Å². The number of rotatable bonds is 5. The summed E-state index contributed by atoms with van der Waals surface area (Å²) in [5.41, 5.74) is 3.00. The number of amides is 1. The molecule has 0 aromatic heterocycles. The van der Waals surface area contributed by atoms with E-state index in [1.165, 1.54) is 0 Å². The zero-order chi connectivity index (χ0) is 16.1. The smallest absolute Gasteiger partial charge is 0.265 e. The Balaban J connectivity index is 2.02. The quantitative estimate of drug-likeness (QED) is 0.915. The Kier molecular flexibility index (Phi) is 5.04. The van der Waals surface area contributed by atoms with Crippen LogP contribution in [0.2, 0.25) is 0 Å². The first-order chi connectivity index (χ1) is 10.5. The van der Waals surface area contributed by atoms with Gasteiger partial charge in [0.05, 0.1) is 7.11 Å². The highest BCUT2D eigenvalue weighted by Gasteiger charge is 2.16. The zero-order valence-corrected chi connectivity index (χ0v) is 13.3. The van der Waals surface area contributed by atoms with Crippen molar-refractivity contribution in [1.82, 2.24) is 0 Å². The Morgan fingerprint density at radius 2 is 1.82 bits per heavy atom. The molecule has 1 N–H and O–H groups in total. The molecule has 0 aliphatic rings. The Bertz CT molecular complexity index is 667. The number of carbonyl (C=O) groups is 1. The van der Waals surface area contributed by atoms with Gasteiger partial charge in [0.1, 0.15) is 11.5 Å². The van der Waals surface area contributed by atoms with Gasteiger partial charge in [-0.15, -0.1) is 0 Å². The van der Waals surface area contributed by atoms with Crippen LogP contribution in [0.1, 0.15) is 18.1 Å². The van der Waals surface area contributed by atoms with E-state index >= 15 is 0 Å². The normalized spacial score (nSPS) is 11.6. The molecular weight excluding hydrogens is 278 g/mol. The number of hydrogen-bond acceptors (Lipinski definition) is 3. The highest BCUT2D eigenvalue weighted by Crippen LogP contribution is 2.21. The lowest BCUT2D eigenvalue weighted by Crippen LogP contribution is -2.30. The molecule has 0 saturated carbocycles. The Hall–Kier alpha value is -2.49. The highest BCUT2D eigenvalue weighted by atomic mass is 16.5. The Morgan fingerprint density at radius 3 is 2.50 bits per heavy atom. The highest BCUT2D eigenvalue weighted by molar-refractivity contribution is 5.94. The number of anilines is 1. The standard InChI is InChI=1S/C18H21NO3/c1-12-8-9-17(13(2)10-12)19-18(20)14(3)22-16-7-5-6-15(11-16)21-4/h5-11,14H,1-4H3,(H,19,20)/t14-/m1/s1. The molecule has 0 heterocycles.